The lowest BCUT2D eigenvalue weighted by atomic mass is 9.84. The number of hydrogen-bond donors (Lipinski definition) is 2. The first-order chi connectivity index (χ1) is 18.7. The fourth-order valence-electron chi connectivity index (χ4n) is 4.49. The lowest BCUT2D eigenvalue weighted by Crippen LogP contribution is -2.56. The molecule has 3 amide bonds. The number of fused-ring (bicyclic) bond motifs is 1. The van der Waals surface area contributed by atoms with E-state index in [0.29, 0.717) is 12.2 Å². The zero-order valence-corrected chi connectivity index (χ0v) is 25.3. The number of nitrogens with one attached hydrogen (secondary N) is 2. The van der Waals surface area contributed by atoms with Gasteiger partial charge in [-0.3, -0.25) is 20.4 Å². The highest BCUT2D eigenvalue weighted by Crippen LogP contribution is 2.46. The van der Waals surface area contributed by atoms with Gasteiger partial charge in [0.25, 0.3) is 0 Å². The summed E-state index contributed by atoms with van der Waals surface area (Å²) in [5.41, 5.74) is 0.0619. The van der Waals surface area contributed by atoms with Crippen LogP contribution in [-0.2, 0) is 19.8 Å². The summed E-state index contributed by atoms with van der Waals surface area (Å²) in [5, 5.41) is 16.4. The average molecular weight is 583 g/mol. The number of carbonyl (C=O) groups excluding carboxylic acids is 3. The number of pyridine rings is 1. The molecular weight excluding hydrogens is 548 g/mol. The number of amides is 3. The Kier molecular flexibility index (Phi) is 8.05. The predicted octanol–water partition coefficient (Wildman–Crippen LogP) is 4.29. The lowest BCUT2D eigenvalue weighted by Gasteiger charge is -2.34. The van der Waals surface area contributed by atoms with Crippen molar-refractivity contribution in [2.75, 3.05) is 19.7 Å². The number of guanidine groups is 1. The number of hydrogen-bond acceptors (Lipinski definition) is 9. The molecule has 2 atom stereocenters. The van der Waals surface area contributed by atoms with E-state index < -0.39 is 37.3 Å². The second-order valence-corrected chi connectivity index (χ2v) is 18.7. The number of aromatic nitrogens is 1. The molecule has 0 aliphatic carbocycles. The highest BCUT2D eigenvalue weighted by Gasteiger charge is 2.56. The van der Waals surface area contributed by atoms with Gasteiger partial charge in [0.2, 0.25) is 11.9 Å². The molecule has 0 radical (unpaired) electrons. The van der Waals surface area contributed by atoms with Crippen LogP contribution in [0.2, 0.25) is 25.7 Å². The molecule has 11 nitrogen and oxygen atoms in total. The van der Waals surface area contributed by atoms with Crippen LogP contribution in [0, 0.1) is 17.2 Å². The summed E-state index contributed by atoms with van der Waals surface area (Å²) in [4.78, 5) is 50.2. The summed E-state index contributed by atoms with van der Waals surface area (Å²) in [6.45, 7) is 12.3. The number of rotatable bonds is 5. The van der Waals surface area contributed by atoms with Crippen molar-refractivity contribution in [2.24, 2.45) is 10.9 Å². The number of nitriles is 1. The van der Waals surface area contributed by atoms with Crippen molar-refractivity contribution in [3.05, 3.63) is 40.3 Å². The Labute approximate surface area is 238 Å². The van der Waals surface area contributed by atoms with E-state index in [1.165, 1.54) is 22.4 Å². The van der Waals surface area contributed by atoms with Gasteiger partial charge >= 0.3 is 12.2 Å². The van der Waals surface area contributed by atoms with Crippen molar-refractivity contribution in [2.45, 2.75) is 57.6 Å². The Hall–Kier alpha value is -3.76. The highest BCUT2D eigenvalue weighted by molar-refractivity contribution is 7.10. The smallest absolute Gasteiger partial charge is 0.414 e. The third-order valence-corrected chi connectivity index (χ3v) is 9.26. The van der Waals surface area contributed by atoms with Crippen molar-refractivity contribution < 1.29 is 23.9 Å². The van der Waals surface area contributed by atoms with Gasteiger partial charge < -0.3 is 14.4 Å². The van der Waals surface area contributed by atoms with E-state index in [-0.39, 0.29) is 25.0 Å². The third-order valence-electron chi connectivity index (χ3n) is 6.46. The number of ether oxygens (including phenoxy) is 2. The molecule has 0 spiro atoms. The summed E-state index contributed by atoms with van der Waals surface area (Å²) in [6, 6.07) is 6.54. The Morgan fingerprint density at radius 2 is 2.02 bits per heavy atom. The predicted molar refractivity (Wildman–Crippen MR) is 153 cm³/mol. The Morgan fingerprint density at radius 1 is 1.27 bits per heavy atom. The van der Waals surface area contributed by atoms with E-state index in [4.69, 9.17) is 14.5 Å². The first-order valence-corrected chi connectivity index (χ1v) is 17.5. The zero-order chi connectivity index (χ0) is 29.3. The first kappa shape index (κ1) is 29.2. The van der Waals surface area contributed by atoms with E-state index in [1.54, 1.807) is 33.0 Å². The van der Waals surface area contributed by atoms with Crippen LogP contribution in [-0.4, -0.2) is 67.3 Å². The maximum absolute atomic E-state index is 13.4. The van der Waals surface area contributed by atoms with Gasteiger partial charge in [-0.2, -0.15) is 5.26 Å². The SMILES string of the molecule is CC(C)(C)OC(=O)NC1=N[C@@]2(c3cc(-c4cncc(C#N)c4)cs3)CN(C(=O)OCC[Si](C)(C)C)CC2C(=O)N1. The second-order valence-electron chi connectivity index (χ2n) is 12.1. The van der Waals surface area contributed by atoms with E-state index in [9.17, 15) is 19.6 Å². The largest absolute Gasteiger partial charge is 0.450 e. The number of carbonyl (C=O) groups is 3. The summed E-state index contributed by atoms with van der Waals surface area (Å²) in [7, 11) is -1.41. The van der Waals surface area contributed by atoms with Crippen molar-refractivity contribution in [3.8, 4) is 17.2 Å². The maximum Gasteiger partial charge on any atom is 0.414 e. The fraction of sp³-hybridized carbons (Fsp3) is 0.481. The maximum atomic E-state index is 13.4. The molecule has 2 aromatic heterocycles. The topological polar surface area (TPSA) is 146 Å². The summed E-state index contributed by atoms with van der Waals surface area (Å²) >= 11 is 1.38. The second kappa shape index (κ2) is 11.0. The van der Waals surface area contributed by atoms with Crippen LogP contribution >= 0.6 is 11.3 Å². The van der Waals surface area contributed by atoms with Gasteiger partial charge in [-0.05, 0) is 49.9 Å². The normalized spacial score (nSPS) is 20.6. The molecule has 1 saturated heterocycles. The summed E-state index contributed by atoms with van der Waals surface area (Å²) < 4.78 is 10.9. The molecular formula is C27H34N6O5SSi. The van der Waals surface area contributed by atoms with Gasteiger partial charge in [-0.25, -0.2) is 14.6 Å². The van der Waals surface area contributed by atoms with Crippen LogP contribution in [0.5, 0.6) is 0 Å². The van der Waals surface area contributed by atoms with E-state index in [2.05, 4.69) is 41.3 Å². The number of aliphatic imine (C=N–C) groups is 1. The van der Waals surface area contributed by atoms with E-state index in [0.717, 1.165) is 22.0 Å². The van der Waals surface area contributed by atoms with Gasteiger partial charge in [0.15, 0.2) is 0 Å². The van der Waals surface area contributed by atoms with Crippen LogP contribution < -0.4 is 10.6 Å². The Bertz CT molecular complexity index is 1390. The Balaban J connectivity index is 1.68. The zero-order valence-electron chi connectivity index (χ0n) is 23.5. The van der Waals surface area contributed by atoms with Crippen molar-refractivity contribution in [3.63, 3.8) is 0 Å². The molecule has 4 heterocycles. The van der Waals surface area contributed by atoms with Gasteiger partial charge in [0, 0.05) is 37.5 Å². The molecule has 2 aliphatic rings. The lowest BCUT2D eigenvalue weighted by molar-refractivity contribution is -0.125. The number of nitrogens with zero attached hydrogens (tertiary/aromatic N) is 4. The minimum atomic E-state index is -1.41. The van der Waals surface area contributed by atoms with E-state index in [1.807, 2.05) is 11.4 Å². The Morgan fingerprint density at radius 3 is 2.70 bits per heavy atom. The molecule has 2 N–H and O–H groups in total. The minimum Gasteiger partial charge on any atom is -0.450 e. The number of thiophene rings is 1. The van der Waals surface area contributed by atoms with Crippen LogP contribution in [0.1, 0.15) is 31.2 Å². The molecule has 2 aliphatic heterocycles. The molecule has 40 heavy (non-hydrogen) atoms. The molecule has 0 saturated carbocycles. The van der Waals surface area contributed by atoms with Crippen molar-refractivity contribution in [1.82, 2.24) is 20.5 Å². The molecule has 0 bridgehead atoms. The van der Waals surface area contributed by atoms with E-state index >= 15 is 0 Å². The number of likely N-dealkylation sites (tertiary alicyclic amines) is 1. The molecule has 0 aromatic carbocycles. The fourth-order valence-corrected chi connectivity index (χ4v) is 6.32. The van der Waals surface area contributed by atoms with Crippen molar-refractivity contribution in [1.29, 1.82) is 5.26 Å². The third kappa shape index (κ3) is 6.68. The van der Waals surface area contributed by atoms with Gasteiger partial charge in [0.05, 0.1) is 24.6 Å². The average Bonchev–Trinajstić information content (AvgIpc) is 3.49. The molecule has 4 rings (SSSR count). The first-order valence-electron chi connectivity index (χ1n) is 13.0. The molecule has 13 heteroatoms. The van der Waals surface area contributed by atoms with Crippen LogP contribution in [0.25, 0.3) is 11.1 Å². The van der Waals surface area contributed by atoms with Crippen molar-refractivity contribution >= 4 is 43.5 Å². The standard InChI is InChI=1S/C27H34N6O5SSi/c1-26(2,3)38-24(35)31-23-30-22(34)20-14-33(25(36)37-7-8-40(4,5)6)16-27(20,32-23)21-10-19(15-39-21)18-9-17(11-28)12-29-13-18/h9-10,12-13,15,20H,7-8,14,16H2,1-6H3,(H2,30,31,32,34,35)/t20?,27-/m0/s1. The van der Waals surface area contributed by atoms with Gasteiger partial charge in [-0.15, -0.1) is 11.3 Å². The molecule has 2 aromatic rings. The van der Waals surface area contributed by atoms with Crippen LogP contribution in [0.3, 0.4) is 0 Å². The quantitative estimate of drug-likeness (QED) is 0.500. The number of alkyl carbamates (subject to hydrolysis) is 1. The van der Waals surface area contributed by atoms with Gasteiger partial charge in [-0.1, -0.05) is 19.6 Å². The molecule has 1 unspecified atom stereocenters. The highest BCUT2D eigenvalue weighted by atomic mass is 32.1. The molecule has 1 fully saturated rings. The van der Waals surface area contributed by atoms with Crippen LogP contribution in [0.4, 0.5) is 9.59 Å². The summed E-state index contributed by atoms with van der Waals surface area (Å²) in [6.07, 6.45) is 1.88. The van der Waals surface area contributed by atoms with Gasteiger partial charge in [0.1, 0.15) is 17.2 Å². The monoisotopic (exact) mass is 582 g/mol. The summed E-state index contributed by atoms with van der Waals surface area (Å²) in [5.74, 6) is -1.13. The van der Waals surface area contributed by atoms with Crippen LogP contribution in [0.15, 0.2) is 34.9 Å². The molecule has 212 valence electrons. The minimum absolute atomic E-state index is 0.0486.